The van der Waals surface area contributed by atoms with E-state index in [1.54, 1.807) is 40.0 Å². The Labute approximate surface area is 368 Å². The highest BCUT2D eigenvalue weighted by atomic mass is 33.1. The second-order valence-electron chi connectivity index (χ2n) is 16.3. The number of aliphatic carboxylic acids is 1. The molecule has 1 aliphatic carbocycles. The standard InChI is InChI=1S/C48H62N2O9S2/c1-35(43(51)37-15-8-5-9-16-37)49(4)45(54)57-31-33-60-61-34-32-58-46(55)59-42(36-22-24-38(25-23-36)47(2,3)44(52)53)21-14-28-50-29-26-41(27-30-50)48(56,39-17-10-6-11-18-39)40-19-12-7-13-20-40/h6-8,10-13,15-20,22-25,35,41-43,51,56H,5,9,14,21,26-34H2,1-4H3,(H,52,53)/t35-,42?,43+/m0/s1. The molecule has 0 radical (unpaired) electrons. The van der Waals surface area contributed by atoms with Gasteiger partial charge in [-0.25, -0.2) is 9.59 Å². The summed E-state index contributed by atoms with van der Waals surface area (Å²) >= 11 is 0. The zero-order valence-electron chi connectivity index (χ0n) is 35.8. The van der Waals surface area contributed by atoms with Gasteiger partial charge in [-0.1, -0.05) is 125 Å². The van der Waals surface area contributed by atoms with Crippen LogP contribution >= 0.6 is 21.6 Å². The van der Waals surface area contributed by atoms with Crippen LogP contribution in [0, 0.1) is 5.92 Å². The van der Waals surface area contributed by atoms with Crippen molar-refractivity contribution in [1.82, 2.24) is 9.80 Å². The molecule has 0 aromatic heterocycles. The zero-order chi connectivity index (χ0) is 43.8. The predicted molar refractivity (Wildman–Crippen MR) is 243 cm³/mol. The van der Waals surface area contributed by atoms with Crippen molar-refractivity contribution < 1.29 is 43.9 Å². The number of nitrogens with zero attached hydrogens (tertiary/aromatic N) is 2. The molecule has 3 aromatic carbocycles. The van der Waals surface area contributed by atoms with Gasteiger partial charge in [-0.05, 0) is 113 Å². The highest BCUT2D eigenvalue weighted by Crippen LogP contribution is 2.42. The van der Waals surface area contributed by atoms with E-state index in [0.717, 1.165) is 74.0 Å². The molecule has 3 atom stereocenters. The van der Waals surface area contributed by atoms with Crippen LogP contribution in [-0.4, -0.2) is 107 Å². The summed E-state index contributed by atoms with van der Waals surface area (Å²) in [6.07, 6.45) is 8.01. The van der Waals surface area contributed by atoms with E-state index < -0.39 is 47.5 Å². The van der Waals surface area contributed by atoms with Crippen LogP contribution < -0.4 is 0 Å². The molecule has 3 N–H and O–H groups in total. The molecule has 1 saturated heterocycles. The van der Waals surface area contributed by atoms with Gasteiger partial charge in [0.15, 0.2) is 0 Å². The van der Waals surface area contributed by atoms with Gasteiger partial charge in [-0.15, -0.1) is 0 Å². The van der Waals surface area contributed by atoms with E-state index in [2.05, 4.69) is 4.90 Å². The fourth-order valence-corrected chi connectivity index (χ4v) is 9.48. The minimum atomic E-state index is -1.09. The molecule has 0 saturated carbocycles. The zero-order valence-corrected chi connectivity index (χ0v) is 37.5. The van der Waals surface area contributed by atoms with E-state index in [4.69, 9.17) is 14.2 Å². The average molecular weight is 875 g/mol. The normalized spacial score (nSPS) is 16.5. The number of amides is 1. The minimum absolute atomic E-state index is 0.0471. The van der Waals surface area contributed by atoms with Crippen LogP contribution in [0.15, 0.2) is 109 Å². The van der Waals surface area contributed by atoms with Crippen molar-refractivity contribution in [3.63, 3.8) is 0 Å². The third-order valence-corrected chi connectivity index (χ3v) is 14.2. The van der Waals surface area contributed by atoms with E-state index in [1.165, 1.54) is 26.5 Å². The highest BCUT2D eigenvalue weighted by molar-refractivity contribution is 8.76. The Hall–Kier alpha value is -4.27. The quantitative estimate of drug-likeness (QED) is 0.0533. The maximum absolute atomic E-state index is 13.0. The minimum Gasteiger partial charge on any atom is -0.481 e. The third kappa shape index (κ3) is 13.1. The third-order valence-electron chi connectivity index (χ3n) is 11.9. The Morgan fingerprint density at radius 2 is 1.44 bits per heavy atom. The molecule has 1 aliphatic heterocycles. The summed E-state index contributed by atoms with van der Waals surface area (Å²) in [5.74, 6) is 0.158. The second-order valence-corrected chi connectivity index (χ2v) is 19.0. The monoisotopic (exact) mass is 874 g/mol. The van der Waals surface area contributed by atoms with E-state index in [0.29, 0.717) is 23.5 Å². The van der Waals surface area contributed by atoms with E-state index in [1.807, 2.05) is 91.0 Å². The number of ether oxygens (including phenoxy) is 3. The molecule has 11 nitrogen and oxygen atoms in total. The molecular weight excluding hydrogens is 813 g/mol. The van der Waals surface area contributed by atoms with Crippen LogP contribution in [0.3, 0.4) is 0 Å². The molecular formula is C48H62N2O9S2. The number of aliphatic hydroxyl groups excluding tert-OH is 1. The molecule has 1 unspecified atom stereocenters. The van der Waals surface area contributed by atoms with Crippen molar-refractivity contribution >= 4 is 39.8 Å². The number of likely N-dealkylation sites (tertiary alicyclic amines) is 1. The van der Waals surface area contributed by atoms with Crippen molar-refractivity contribution in [2.24, 2.45) is 5.92 Å². The molecule has 1 fully saturated rings. The number of carbonyl (C=O) groups is 3. The Bertz CT molecular complexity index is 1860. The van der Waals surface area contributed by atoms with Crippen LogP contribution in [-0.2, 0) is 30.0 Å². The van der Waals surface area contributed by atoms with E-state index in [-0.39, 0.29) is 19.1 Å². The summed E-state index contributed by atoms with van der Waals surface area (Å²) in [4.78, 5) is 41.3. The number of carboxylic acid groups (broad SMARTS) is 1. The topological polar surface area (TPSA) is 146 Å². The molecule has 61 heavy (non-hydrogen) atoms. The number of hydrogen-bond acceptors (Lipinski definition) is 11. The predicted octanol–water partition coefficient (Wildman–Crippen LogP) is 9.15. The van der Waals surface area contributed by atoms with Gasteiger partial charge >= 0.3 is 18.2 Å². The first-order valence-corrected chi connectivity index (χ1v) is 23.7. The lowest BCUT2D eigenvalue weighted by atomic mass is 9.72. The van der Waals surface area contributed by atoms with Gasteiger partial charge < -0.3 is 39.3 Å². The van der Waals surface area contributed by atoms with Crippen molar-refractivity contribution in [1.29, 1.82) is 0 Å². The highest BCUT2D eigenvalue weighted by Gasteiger charge is 2.41. The summed E-state index contributed by atoms with van der Waals surface area (Å²) in [6.45, 7) is 7.87. The Balaban J connectivity index is 1.07. The number of hydrogen-bond donors (Lipinski definition) is 3. The summed E-state index contributed by atoms with van der Waals surface area (Å²) in [5, 5.41) is 32.7. The number of rotatable bonds is 21. The van der Waals surface area contributed by atoms with Crippen LogP contribution in [0.25, 0.3) is 0 Å². The van der Waals surface area contributed by atoms with E-state index >= 15 is 0 Å². The number of carboxylic acids is 1. The lowest BCUT2D eigenvalue weighted by Gasteiger charge is -2.42. The summed E-state index contributed by atoms with van der Waals surface area (Å²) in [6, 6.07) is 26.6. The Morgan fingerprint density at radius 1 is 0.852 bits per heavy atom. The van der Waals surface area contributed by atoms with Gasteiger partial charge in [0.2, 0.25) is 0 Å². The molecule has 0 bridgehead atoms. The number of likely N-dealkylation sites (N-methyl/N-ethyl adjacent to an activating group) is 1. The smallest absolute Gasteiger partial charge is 0.481 e. The fraction of sp³-hybridized carbons (Fsp3) is 0.479. The van der Waals surface area contributed by atoms with Crippen molar-refractivity contribution in [2.75, 3.05) is 51.4 Å². The number of allylic oxidation sites excluding steroid dienone is 2. The van der Waals surface area contributed by atoms with Crippen molar-refractivity contribution in [2.45, 2.75) is 88.6 Å². The summed E-state index contributed by atoms with van der Waals surface area (Å²) < 4.78 is 16.8. The van der Waals surface area contributed by atoms with Gasteiger partial charge in [0.05, 0.1) is 17.6 Å². The van der Waals surface area contributed by atoms with Gasteiger partial charge in [-0.2, -0.15) is 0 Å². The lowest BCUT2D eigenvalue weighted by molar-refractivity contribution is -0.142. The molecule has 13 heteroatoms. The van der Waals surface area contributed by atoms with Crippen molar-refractivity contribution in [3.05, 3.63) is 131 Å². The number of aliphatic hydroxyl groups is 2. The second kappa shape index (κ2) is 23.3. The molecule has 1 amide bonds. The molecule has 5 rings (SSSR count). The summed E-state index contributed by atoms with van der Waals surface area (Å²) in [5.41, 5.74) is 1.85. The lowest BCUT2D eigenvalue weighted by Crippen LogP contribution is -2.44. The van der Waals surface area contributed by atoms with E-state index in [9.17, 15) is 29.7 Å². The van der Waals surface area contributed by atoms with Crippen LogP contribution in [0.4, 0.5) is 9.59 Å². The van der Waals surface area contributed by atoms with Crippen LogP contribution in [0.5, 0.6) is 0 Å². The molecule has 3 aromatic rings. The Kier molecular flexibility index (Phi) is 18.2. The van der Waals surface area contributed by atoms with Gasteiger partial charge in [0.1, 0.15) is 24.9 Å². The molecule has 330 valence electrons. The number of benzene rings is 3. The Morgan fingerprint density at radius 3 is 2.00 bits per heavy atom. The largest absolute Gasteiger partial charge is 0.508 e. The average Bonchev–Trinajstić information content (AvgIpc) is 3.29. The van der Waals surface area contributed by atoms with Crippen molar-refractivity contribution in [3.8, 4) is 0 Å². The first kappa shape index (κ1) is 47.8. The van der Waals surface area contributed by atoms with Crippen LogP contribution in [0.2, 0.25) is 0 Å². The maximum atomic E-state index is 13.0. The maximum Gasteiger partial charge on any atom is 0.508 e. The summed E-state index contributed by atoms with van der Waals surface area (Å²) in [7, 11) is 4.60. The fourth-order valence-electron chi connectivity index (χ4n) is 7.83. The SMILES string of the molecule is C[C@@H]([C@@H](O)C1=CCCC=C1)N(C)C(=O)OCCSSCCOC(=O)OC(CCCN1CCC(C(O)(c2ccccc2)c2ccccc2)CC1)c1ccc(C(C)(C)C(=O)O)cc1. The van der Waals surface area contributed by atoms with Gasteiger partial charge in [0, 0.05) is 18.6 Å². The molecule has 0 spiro atoms. The number of piperidine rings is 1. The molecule has 2 aliphatic rings. The van der Waals surface area contributed by atoms with Gasteiger partial charge in [-0.3, -0.25) is 4.79 Å². The first-order chi connectivity index (χ1) is 29.3. The number of carbonyl (C=O) groups excluding carboxylic acids is 2. The molecule has 1 heterocycles. The van der Waals surface area contributed by atoms with Crippen LogP contribution in [0.1, 0.15) is 87.7 Å². The van der Waals surface area contributed by atoms with Gasteiger partial charge in [0.25, 0.3) is 0 Å². The first-order valence-electron chi connectivity index (χ1n) is 21.2.